The second kappa shape index (κ2) is 6.73. The molecule has 0 aromatic carbocycles. The first-order valence-corrected chi connectivity index (χ1v) is 8.27. The molecule has 118 valence electrons. The molecule has 20 heavy (non-hydrogen) atoms. The molecule has 2 atom stereocenters. The van der Waals surface area contributed by atoms with Crippen LogP contribution in [0.3, 0.4) is 0 Å². The van der Waals surface area contributed by atoms with Crippen LogP contribution >= 0.6 is 0 Å². The highest BCUT2D eigenvalue weighted by Crippen LogP contribution is 2.36. The smallest absolute Gasteiger partial charge is 0.106 e. The van der Waals surface area contributed by atoms with E-state index in [9.17, 15) is 0 Å². The van der Waals surface area contributed by atoms with Crippen LogP contribution in [-0.4, -0.2) is 58.6 Å². The van der Waals surface area contributed by atoms with Crippen LogP contribution < -0.4 is 10.2 Å². The van der Waals surface area contributed by atoms with Crippen molar-refractivity contribution in [3.8, 4) is 0 Å². The molecule has 2 aliphatic rings. The van der Waals surface area contributed by atoms with Gasteiger partial charge in [0.15, 0.2) is 0 Å². The maximum atomic E-state index is 5.93. The van der Waals surface area contributed by atoms with Gasteiger partial charge in [0.05, 0.1) is 38.2 Å². The molecule has 2 saturated heterocycles. The zero-order chi connectivity index (χ0) is 14.6. The molecule has 0 radical (unpaired) electrons. The maximum absolute atomic E-state index is 5.93. The summed E-state index contributed by atoms with van der Waals surface area (Å²) < 4.78 is 11.7. The molecule has 4 heteroatoms. The topological polar surface area (TPSA) is 39.5 Å². The van der Waals surface area contributed by atoms with Crippen LogP contribution in [0.2, 0.25) is 0 Å². The van der Waals surface area contributed by atoms with Crippen LogP contribution in [0.4, 0.5) is 0 Å². The van der Waals surface area contributed by atoms with Crippen molar-refractivity contribution >= 4 is 0 Å². The molecular formula is C16H34N2O2+2. The van der Waals surface area contributed by atoms with Crippen molar-refractivity contribution in [2.75, 3.05) is 46.9 Å². The van der Waals surface area contributed by atoms with Crippen LogP contribution in [0.25, 0.3) is 0 Å². The number of nitrogens with two attached hydrogens (primary N) is 1. The Balaban J connectivity index is 1.88. The molecule has 2 aliphatic heterocycles. The summed E-state index contributed by atoms with van der Waals surface area (Å²) in [5.41, 5.74) is 0.449. The first kappa shape index (κ1) is 16.2. The molecule has 0 spiro atoms. The van der Waals surface area contributed by atoms with Crippen LogP contribution in [0, 0.1) is 5.41 Å². The summed E-state index contributed by atoms with van der Waals surface area (Å²) in [7, 11) is 4.54. The normalized spacial score (nSPS) is 33.8. The molecule has 3 N–H and O–H groups in total. The van der Waals surface area contributed by atoms with E-state index in [0.717, 1.165) is 19.8 Å². The van der Waals surface area contributed by atoms with Crippen molar-refractivity contribution in [3.05, 3.63) is 0 Å². The van der Waals surface area contributed by atoms with Gasteiger partial charge in [-0.05, 0) is 39.5 Å². The number of nitrogens with one attached hydrogen (secondary N) is 1. The first-order chi connectivity index (χ1) is 9.41. The number of quaternary nitrogens is 2. The minimum absolute atomic E-state index is 0.0331. The third-order valence-corrected chi connectivity index (χ3v) is 4.69. The maximum Gasteiger partial charge on any atom is 0.106 e. The average Bonchev–Trinajstić information content (AvgIpc) is 2.79. The van der Waals surface area contributed by atoms with Gasteiger partial charge in [-0.25, -0.2) is 0 Å². The lowest BCUT2D eigenvalue weighted by Crippen LogP contribution is -3.08. The van der Waals surface area contributed by atoms with Gasteiger partial charge in [-0.15, -0.1) is 0 Å². The second-order valence-corrected chi connectivity index (χ2v) is 7.78. The second-order valence-electron chi connectivity index (χ2n) is 7.78. The Hall–Kier alpha value is -0.160. The lowest BCUT2D eigenvalue weighted by Gasteiger charge is -2.43. The summed E-state index contributed by atoms with van der Waals surface area (Å²) in [6.45, 7) is 9.94. The van der Waals surface area contributed by atoms with Crippen LogP contribution in [-0.2, 0) is 9.47 Å². The number of hydrogen-bond acceptors (Lipinski definition) is 2. The van der Waals surface area contributed by atoms with Gasteiger partial charge in [-0.3, -0.25) is 0 Å². The lowest BCUT2D eigenvalue weighted by atomic mass is 9.73. The van der Waals surface area contributed by atoms with E-state index in [1.54, 1.807) is 4.90 Å². The third kappa shape index (κ3) is 4.69. The van der Waals surface area contributed by atoms with E-state index < -0.39 is 0 Å². The van der Waals surface area contributed by atoms with E-state index in [2.05, 4.69) is 33.3 Å². The highest BCUT2D eigenvalue weighted by molar-refractivity contribution is 4.89. The van der Waals surface area contributed by atoms with Crippen molar-refractivity contribution in [3.63, 3.8) is 0 Å². The highest BCUT2D eigenvalue weighted by Gasteiger charge is 2.44. The van der Waals surface area contributed by atoms with Gasteiger partial charge < -0.3 is 19.7 Å². The molecule has 2 rings (SSSR count). The minimum atomic E-state index is 0.0331. The SMILES string of the molecule is C[NH+](C)C[C@@]1(C[NH2+]C[C@@H]2CCCO2)CCOC(C)(C)C1. The molecule has 0 amide bonds. The van der Waals surface area contributed by atoms with Crippen molar-refractivity contribution in [2.45, 2.75) is 51.2 Å². The number of rotatable bonds is 6. The molecule has 0 unspecified atom stereocenters. The van der Waals surface area contributed by atoms with Gasteiger partial charge in [0.2, 0.25) is 0 Å². The van der Waals surface area contributed by atoms with Crippen molar-refractivity contribution in [2.24, 2.45) is 5.41 Å². The Morgan fingerprint density at radius 3 is 2.65 bits per heavy atom. The predicted molar refractivity (Wildman–Crippen MR) is 80.0 cm³/mol. The average molecular weight is 286 g/mol. The van der Waals surface area contributed by atoms with Crippen LogP contribution in [0.15, 0.2) is 0 Å². The predicted octanol–water partition coefficient (Wildman–Crippen LogP) is -0.551. The van der Waals surface area contributed by atoms with E-state index in [-0.39, 0.29) is 5.60 Å². The zero-order valence-corrected chi connectivity index (χ0v) is 13.8. The summed E-state index contributed by atoms with van der Waals surface area (Å²) in [4.78, 5) is 1.55. The zero-order valence-electron chi connectivity index (χ0n) is 13.8. The summed E-state index contributed by atoms with van der Waals surface area (Å²) in [6.07, 6.45) is 5.35. The third-order valence-electron chi connectivity index (χ3n) is 4.69. The van der Waals surface area contributed by atoms with E-state index >= 15 is 0 Å². The summed E-state index contributed by atoms with van der Waals surface area (Å²) >= 11 is 0. The highest BCUT2D eigenvalue weighted by atomic mass is 16.5. The summed E-state index contributed by atoms with van der Waals surface area (Å²) in [5, 5.41) is 2.50. The van der Waals surface area contributed by atoms with Gasteiger partial charge in [0.25, 0.3) is 0 Å². The van der Waals surface area contributed by atoms with Gasteiger partial charge in [-0.2, -0.15) is 0 Å². The van der Waals surface area contributed by atoms with E-state index in [1.165, 1.54) is 38.8 Å². The van der Waals surface area contributed by atoms with E-state index in [1.807, 2.05) is 0 Å². The molecule has 2 fully saturated rings. The molecule has 0 aromatic rings. The Labute approximate surface area is 124 Å². The molecule has 0 saturated carbocycles. The molecule has 0 bridgehead atoms. The monoisotopic (exact) mass is 286 g/mol. The fraction of sp³-hybridized carbons (Fsp3) is 1.00. The van der Waals surface area contributed by atoms with E-state index in [4.69, 9.17) is 9.47 Å². The number of ether oxygens (including phenoxy) is 2. The largest absolute Gasteiger partial charge is 0.376 e. The van der Waals surface area contributed by atoms with Crippen molar-refractivity contribution in [1.82, 2.24) is 0 Å². The molecular weight excluding hydrogens is 252 g/mol. The Kier molecular flexibility index (Phi) is 5.46. The Morgan fingerprint density at radius 1 is 1.25 bits per heavy atom. The fourth-order valence-electron chi connectivity index (χ4n) is 4.14. The quantitative estimate of drug-likeness (QED) is 0.688. The molecule has 0 aromatic heterocycles. The van der Waals surface area contributed by atoms with Crippen LogP contribution in [0.5, 0.6) is 0 Å². The fourth-order valence-corrected chi connectivity index (χ4v) is 4.14. The van der Waals surface area contributed by atoms with Gasteiger partial charge in [0.1, 0.15) is 12.6 Å². The van der Waals surface area contributed by atoms with Crippen molar-refractivity contribution < 1.29 is 19.7 Å². The standard InChI is InChI=1S/C16H32N2O2/c1-15(2)11-16(7-9-20-15,13-18(3)4)12-17-10-14-6-5-8-19-14/h14,17H,5-13H2,1-4H3/p+2/t14-,16-/m0/s1. The van der Waals surface area contributed by atoms with Gasteiger partial charge >= 0.3 is 0 Å². The van der Waals surface area contributed by atoms with E-state index in [0.29, 0.717) is 11.5 Å². The molecule has 2 heterocycles. The summed E-state index contributed by atoms with van der Waals surface area (Å²) in [6, 6.07) is 0. The van der Waals surface area contributed by atoms with Gasteiger partial charge in [-0.1, -0.05) is 0 Å². The number of hydrogen-bond donors (Lipinski definition) is 2. The molecule has 0 aliphatic carbocycles. The molecule has 4 nitrogen and oxygen atoms in total. The first-order valence-electron chi connectivity index (χ1n) is 8.27. The van der Waals surface area contributed by atoms with Gasteiger partial charge in [0, 0.05) is 13.2 Å². The Bertz CT molecular complexity index is 301. The lowest BCUT2D eigenvalue weighted by molar-refractivity contribution is -0.870. The summed E-state index contributed by atoms with van der Waals surface area (Å²) in [5.74, 6) is 0. The van der Waals surface area contributed by atoms with Crippen LogP contribution in [0.1, 0.15) is 39.5 Å². The van der Waals surface area contributed by atoms with Crippen molar-refractivity contribution in [1.29, 1.82) is 0 Å². The minimum Gasteiger partial charge on any atom is -0.376 e. The Morgan fingerprint density at radius 2 is 2.05 bits per heavy atom.